The predicted octanol–water partition coefficient (Wildman–Crippen LogP) is 5.30. The minimum absolute atomic E-state index is 0.00425. The minimum atomic E-state index is -3.45. The number of unbranched alkanes of at least 4 members (excludes halogenated alkanes) is 9. The maximum Gasteiger partial charge on any atom is 0.356 e. The Morgan fingerprint density at radius 1 is 1.00 bits per heavy atom. The Balaban J connectivity index is 1.14. The molecule has 224 valence electrons. The minimum Gasteiger partial charge on any atom is -0.383 e. The first-order valence-corrected chi connectivity index (χ1v) is 18.3. The monoisotopic (exact) mass is 589 g/mol. The highest BCUT2D eigenvalue weighted by Gasteiger charge is 2.33. The summed E-state index contributed by atoms with van der Waals surface area (Å²) < 4.78 is 55.0. The van der Waals surface area contributed by atoms with Gasteiger partial charge in [-0.15, -0.1) is 0 Å². The van der Waals surface area contributed by atoms with Crippen molar-refractivity contribution in [2.75, 3.05) is 36.8 Å². The molecule has 2 aliphatic rings. The van der Waals surface area contributed by atoms with E-state index in [1.54, 1.807) is 0 Å². The number of sulfone groups is 1. The second kappa shape index (κ2) is 16.9. The third kappa shape index (κ3) is 12.9. The van der Waals surface area contributed by atoms with Gasteiger partial charge in [0.05, 0.1) is 31.3 Å². The normalized spacial score (nSPS) is 22.1. The average Bonchev–Trinajstić information content (AvgIpc) is 2.87. The van der Waals surface area contributed by atoms with E-state index in [0.717, 1.165) is 18.8 Å². The lowest BCUT2D eigenvalue weighted by Gasteiger charge is -2.29. The molecule has 2 N–H and O–H groups in total. The molecule has 12 heteroatoms. The molecule has 10 nitrogen and oxygen atoms in total. The summed E-state index contributed by atoms with van der Waals surface area (Å²) in [5, 5.41) is 0. The third-order valence-electron chi connectivity index (χ3n) is 7.65. The van der Waals surface area contributed by atoms with E-state index in [9.17, 15) is 17.8 Å². The van der Waals surface area contributed by atoms with Crippen LogP contribution in [0, 0.1) is 5.92 Å². The lowest BCUT2D eigenvalue weighted by molar-refractivity contribution is -0.0144. The van der Waals surface area contributed by atoms with Crippen LogP contribution in [0.5, 0.6) is 0 Å². The summed E-state index contributed by atoms with van der Waals surface area (Å²) in [6.07, 6.45) is 18.8. The van der Waals surface area contributed by atoms with Crippen molar-refractivity contribution in [3.05, 3.63) is 22.7 Å². The highest BCUT2D eigenvalue weighted by atomic mass is 32.2. The summed E-state index contributed by atoms with van der Waals surface area (Å²) >= 11 is 0. The van der Waals surface area contributed by atoms with Gasteiger partial charge in [-0.25, -0.2) is 13.2 Å². The largest absolute Gasteiger partial charge is 0.383 e. The average molecular weight is 590 g/mol. The summed E-state index contributed by atoms with van der Waals surface area (Å²) in [6.45, 7) is 0.198. The van der Waals surface area contributed by atoms with Gasteiger partial charge in [-0.1, -0.05) is 83.5 Å². The second-order valence-electron chi connectivity index (χ2n) is 11.1. The SMILES string of the molecule is Nc1ccn(C[C@H]2COP(=O)(OCCCS(=O)(=O)CCCCCCCCCCCCC3CCC3)CO2)c(=O)n1. The van der Waals surface area contributed by atoms with E-state index < -0.39 is 29.2 Å². The van der Waals surface area contributed by atoms with Gasteiger partial charge >= 0.3 is 13.3 Å². The van der Waals surface area contributed by atoms with E-state index in [0.29, 0.717) is 6.42 Å². The topological polar surface area (TPSA) is 140 Å². The fourth-order valence-electron chi connectivity index (χ4n) is 4.99. The van der Waals surface area contributed by atoms with Crippen molar-refractivity contribution in [1.82, 2.24) is 9.55 Å². The number of rotatable bonds is 20. The van der Waals surface area contributed by atoms with Crippen molar-refractivity contribution in [3.63, 3.8) is 0 Å². The molecule has 1 saturated carbocycles. The van der Waals surface area contributed by atoms with Gasteiger partial charge in [0, 0.05) is 6.20 Å². The maximum absolute atomic E-state index is 12.7. The van der Waals surface area contributed by atoms with E-state index in [1.807, 2.05) is 0 Å². The van der Waals surface area contributed by atoms with E-state index in [1.165, 1.54) is 87.5 Å². The number of hydrogen-bond acceptors (Lipinski definition) is 9. The van der Waals surface area contributed by atoms with Crippen LogP contribution in [0.4, 0.5) is 5.82 Å². The summed E-state index contributed by atoms with van der Waals surface area (Å²) in [6, 6.07) is 1.51. The number of ether oxygens (including phenoxy) is 1. The first kappa shape index (κ1) is 32.3. The van der Waals surface area contributed by atoms with Gasteiger partial charge in [0.2, 0.25) is 0 Å². The fraction of sp³-hybridized carbons (Fsp3) is 0.852. The van der Waals surface area contributed by atoms with Crippen molar-refractivity contribution in [2.24, 2.45) is 5.92 Å². The molecule has 2 atom stereocenters. The Hall–Kier alpha value is -1.26. The van der Waals surface area contributed by atoms with Gasteiger partial charge in [0.15, 0.2) is 0 Å². The van der Waals surface area contributed by atoms with Gasteiger partial charge < -0.3 is 19.5 Å². The standard InChI is InChI=1S/C27H48N3O7PS/c28-26-16-17-30(27(31)29-26)21-25-22-37-38(32,23-35-25)36-18-12-20-39(33,34)19-10-8-6-4-2-1-3-5-7-9-13-24-14-11-15-24/h16-17,24-25H,1-15,18-23H2,(H2,28,29,31)/t25-,38?/m0/s1. The number of nitrogens with two attached hydrogens (primary N) is 1. The van der Waals surface area contributed by atoms with Crippen LogP contribution in [0.1, 0.15) is 96.3 Å². The van der Waals surface area contributed by atoms with Gasteiger partial charge in [-0.2, -0.15) is 4.98 Å². The number of anilines is 1. The maximum atomic E-state index is 12.7. The van der Waals surface area contributed by atoms with Crippen LogP contribution >= 0.6 is 7.60 Å². The molecule has 2 heterocycles. The van der Waals surface area contributed by atoms with Crippen molar-refractivity contribution in [3.8, 4) is 0 Å². The molecule has 3 rings (SSSR count). The molecule has 0 amide bonds. The third-order valence-corrected chi connectivity index (χ3v) is 11.1. The molecule has 0 aromatic carbocycles. The number of nitrogen functional groups attached to an aromatic ring is 1. The Labute approximate surface area is 233 Å². The molecule has 0 radical (unpaired) electrons. The molecular weight excluding hydrogens is 541 g/mol. The number of aromatic nitrogens is 2. The fourth-order valence-corrected chi connectivity index (χ4v) is 7.82. The molecular formula is C27H48N3O7PS. The van der Waals surface area contributed by atoms with E-state index >= 15 is 0 Å². The van der Waals surface area contributed by atoms with Gasteiger partial charge in [-0.05, 0) is 24.8 Å². The van der Waals surface area contributed by atoms with Gasteiger partial charge in [-0.3, -0.25) is 9.13 Å². The van der Waals surface area contributed by atoms with Gasteiger partial charge in [0.1, 0.15) is 28.1 Å². The second-order valence-corrected chi connectivity index (χ2v) is 15.4. The first-order chi connectivity index (χ1) is 18.7. The molecule has 1 saturated heterocycles. The predicted molar refractivity (Wildman–Crippen MR) is 154 cm³/mol. The molecule has 1 aromatic rings. The van der Waals surface area contributed by atoms with Crippen molar-refractivity contribution >= 4 is 23.3 Å². The van der Waals surface area contributed by atoms with Crippen molar-refractivity contribution in [2.45, 2.75) is 109 Å². The summed E-state index contributed by atoms with van der Waals surface area (Å²) in [5.74, 6) is 1.36. The lowest BCUT2D eigenvalue weighted by atomic mass is 9.81. The summed E-state index contributed by atoms with van der Waals surface area (Å²) in [5.41, 5.74) is 4.98. The van der Waals surface area contributed by atoms with Crippen LogP contribution in [-0.2, 0) is 34.7 Å². The Kier molecular flexibility index (Phi) is 14.0. The van der Waals surface area contributed by atoms with E-state index in [-0.39, 0.29) is 49.9 Å². The van der Waals surface area contributed by atoms with Crippen molar-refractivity contribution in [1.29, 1.82) is 0 Å². The van der Waals surface area contributed by atoms with E-state index in [4.69, 9.17) is 19.5 Å². The van der Waals surface area contributed by atoms with Crippen molar-refractivity contribution < 1.29 is 26.8 Å². The molecule has 0 spiro atoms. The zero-order valence-electron chi connectivity index (χ0n) is 23.3. The Morgan fingerprint density at radius 2 is 1.64 bits per heavy atom. The summed E-state index contributed by atoms with van der Waals surface area (Å²) in [4.78, 5) is 15.5. The van der Waals surface area contributed by atoms with Crippen LogP contribution in [0.15, 0.2) is 17.1 Å². The molecule has 1 unspecified atom stereocenters. The molecule has 1 aromatic heterocycles. The molecule has 1 aliphatic carbocycles. The molecule has 1 aliphatic heterocycles. The Morgan fingerprint density at radius 3 is 2.23 bits per heavy atom. The van der Waals surface area contributed by atoms with Crippen LogP contribution < -0.4 is 11.4 Å². The highest BCUT2D eigenvalue weighted by molar-refractivity contribution is 7.91. The summed E-state index contributed by atoms with van der Waals surface area (Å²) in [7, 11) is -6.61. The zero-order valence-corrected chi connectivity index (χ0v) is 25.1. The van der Waals surface area contributed by atoms with Crippen LogP contribution in [0.2, 0.25) is 0 Å². The molecule has 39 heavy (non-hydrogen) atoms. The number of hydrogen-bond donors (Lipinski definition) is 1. The molecule has 2 fully saturated rings. The van der Waals surface area contributed by atoms with Crippen LogP contribution in [0.3, 0.4) is 0 Å². The lowest BCUT2D eigenvalue weighted by Crippen LogP contribution is -2.35. The van der Waals surface area contributed by atoms with Crippen LogP contribution in [-0.4, -0.2) is 55.1 Å². The van der Waals surface area contributed by atoms with Gasteiger partial charge in [0.25, 0.3) is 0 Å². The number of nitrogens with zero attached hydrogens (tertiary/aromatic N) is 2. The smallest absolute Gasteiger partial charge is 0.356 e. The quantitative estimate of drug-likeness (QED) is 0.158. The van der Waals surface area contributed by atoms with Crippen LogP contribution in [0.25, 0.3) is 0 Å². The Bertz CT molecular complexity index is 1050. The first-order valence-electron chi connectivity index (χ1n) is 14.8. The zero-order chi connectivity index (χ0) is 28.0. The van der Waals surface area contributed by atoms with E-state index in [2.05, 4.69) is 4.98 Å². The molecule has 0 bridgehead atoms. The highest BCUT2D eigenvalue weighted by Crippen LogP contribution is 2.51.